The van der Waals surface area contributed by atoms with Crippen LogP contribution in [0.2, 0.25) is 0 Å². The van der Waals surface area contributed by atoms with Crippen LogP contribution in [0.1, 0.15) is 24.0 Å². The lowest BCUT2D eigenvalue weighted by atomic mass is 10.1. The zero-order chi connectivity index (χ0) is 12.1. The second kappa shape index (κ2) is 5.70. The summed E-state index contributed by atoms with van der Waals surface area (Å²) in [7, 11) is 0. The molecule has 0 aliphatic carbocycles. The number of nitrogens with zero attached hydrogens (tertiary/aromatic N) is 1. The van der Waals surface area contributed by atoms with Gasteiger partial charge in [-0.3, -0.25) is 0 Å². The van der Waals surface area contributed by atoms with E-state index >= 15 is 0 Å². The highest BCUT2D eigenvalue weighted by molar-refractivity contribution is 5.44. The first-order valence-electron chi connectivity index (χ1n) is 6.14. The number of ether oxygens (including phenoxy) is 1. The minimum Gasteiger partial charge on any atom is -0.492 e. The second-order valence-corrected chi connectivity index (χ2v) is 4.61. The first-order valence-corrected chi connectivity index (χ1v) is 6.14. The van der Waals surface area contributed by atoms with Crippen LogP contribution < -0.4 is 10.1 Å². The number of nitrogens with one attached hydrogen (secondary N) is 1. The summed E-state index contributed by atoms with van der Waals surface area (Å²) in [4.78, 5) is 0. The third kappa shape index (κ3) is 3.21. The van der Waals surface area contributed by atoms with E-state index < -0.39 is 0 Å². The van der Waals surface area contributed by atoms with Crippen molar-refractivity contribution < 1.29 is 4.74 Å². The van der Waals surface area contributed by atoms with Gasteiger partial charge in [-0.15, -0.1) is 0 Å². The highest BCUT2D eigenvalue weighted by Gasteiger charge is 2.14. The molecule has 0 radical (unpaired) electrons. The van der Waals surface area contributed by atoms with Crippen molar-refractivity contribution >= 4 is 0 Å². The van der Waals surface area contributed by atoms with Gasteiger partial charge >= 0.3 is 0 Å². The van der Waals surface area contributed by atoms with E-state index in [2.05, 4.69) is 11.4 Å². The van der Waals surface area contributed by atoms with Gasteiger partial charge < -0.3 is 10.1 Å². The lowest BCUT2D eigenvalue weighted by Crippen LogP contribution is -2.12. The molecule has 0 saturated carbocycles. The van der Waals surface area contributed by atoms with Gasteiger partial charge in [0.25, 0.3) is 0 Å². The smallest absolute Gasteiger partial charge is 0.137 e. The maximum absolute atomic E-state index is 8.98. The molecule has 3 heteroatoms. The van der Waals surface area contributed by atoms with Crippen LogP contribution in [0.5, 0.6) is 5.75 Å². The summed E-state index contributed by atoms with van der Waals surface area (Å²) in [6, 6.07) is 7.86. The van der Waals surface area contributed by atoms with E-state index in [1.165, 1.54) is 6.42 Å². The van der Waals surface area contributed by atoms with Crippen molar-refractivity contribution in [3.63, 3.8) is 0 Å². The van der Waals surface area contributed by atoms with E-state index in [9.17, 15) is 0 Å². The highest BCUT2D eigenvalue weighted by atomic mass is 16.5. The van der Waals surface area contributed by atoms with Gasteiger partial charge in [0.1, 0.15) is 11.8 Å². The molecule has 0 aromatic heterocycles. The topological polar surface area (TPSA) is 45.0 Å². The Hall–Kier alpha value is -1.53. The first kappa shape index (κ1) is 11.9. The SMILES string of the molecule is Cc1ccc(C#N)c(OCCC2CCNC2)c1. The van der Waals surface area contributed by atoms with E-state index in [4.69, 9.17) is 10.00 Å². The summed E-state index contributed by atoms with van der Waals surface area (Å²) in [5.41, 5.74) is 1.75. The predicted molar refractivity (Wildman–Crippen MR) is 67.0 cm³/mol. The zero-order valence-electron chi connectivity index (χ0n) is 10.2. The third-order valence-electron chi connectivity index (χ3n) is 3.20. The maximum Gasteiger partial charge on any atom is 0.137 e. The van der Waals surface area contributed by atoms with E-state index in [0.717, 1.165) is 36.7 Å². The second-order valence-electron chi connectivity index (χ2n) is 4.61. The van der Waals surface area contributed by atoms with Crippen LogP contribution in [0.3, 0.4) is 0 Å². The highest BCUT2D eigenvalue weighted by Crippen LogP contribution is 2.20. The van der Waals surface area contributed by atoms with Crippen molar-refractivity contribution in [2.24, 2.45) is 5.92 Å². The molecule has 0 spiro atoms. The van der Waals surface area contributed by atoms with Crippen LogP contribution in [0, 0.1) is 24.2 Å². The lowest BCUT2D eigenvalue weighted by molar-refractivity contribution is 0.283. The van der Waals surface area contributed by atoms with Crippen molar-refractivity contribution in [2.75, 3.05) is 19.7 Å². The summed E-state index contributed by atoms with van der Waals surface area (Å²) in [6.07, 6.45) is 2.30. The van der Waals surface area contributed by atoms with Crippen LogP contribution in [0.15, 0.2) is 18.2 Å². The van der Waals surface area contributed by atoms with Gasteiger partial charge in [-0.25, -0.2) is 0 Å². The Morgan fingerprint density at radius 2 is 2.41 bits per heavy atom. The van der Waals surface area contributed by atoms with Crippen molar-refractivity contribution in [3.8, 4) is 11.8 Å². The van der Waals surface area contributed by atoms with Crippen LogP contribution >= 0.6 is 0 Å². The van der Waals surface area contributed by atoms with Crippen molar-refractivity contribution in [1.29, 1.82) is 5.26 Å². The molecule has 0 amide bonds. The van der Waals surface area contributed by atoms with Crippen LogP contribution in [0.4, 0.5) is 0 Å². The molecule has 1 atom stereocenters. The number of hydrogen-bond donors (Lipinski definition) is 1. The molecule has 1 aromatic rings. The number of rotatable bonds is 4. The first-order chi connectivity index (χ1) is 8.29. The molecule has 17 heavy (non-hydrogen) atoms. The molecule has 3 nitrogen and oxygen atoms in total. The number of aryl methyl sites for hydroxylation is 1. The molecule has 1 aromatic carbocycles. The van der Waals surface area contributed by atoms with Gasteiger partial charge in [0.2, 0.25) is 0 Å². The Bertz CT molecular complexity index is 417. The predicted octanol–water partition coefficient (Wildman–Crippen LogP) is 2.25. The summed E-state index contributed by atoms with van der Waals surface area (Å²) < 4.78 is 5.72. The van der Waals surface area contributed by atoms with Crippen LogP contribution in [-0.2, 0) is 0 Å². The number of nitriles is 1. The fourth-order valence-corrected chi connectivity index (χ4v) is 2.14. The summed E-state index contributed by atoms with van der Waals surface area (Å²) in [5, 5.41) is 12.3. The Morgan fingerprint density at radius 1 is 1.53 bits per heavy atom. The van der Waals surface area contributed by atoms with Gasteiger partial charge in [0.15, 0.2) is 0 Å². The Kier molecular flexibility index (Phi) is 4.00. The average molecular weight is 230 g/mol. The molecule has 1 aliphatic rings. The van der Waals surface area contributed by atoms with Crippen molar-refractivity contribution in [2.45, 2.75) is 19.8 Å². The molecule has 0 bridgehead atoms. The summed E-state index contributed by atoms with van der Waals surface area (Å²) in [6.45, 7) is 4.93. The normalized spacial score (nSPS) is 18.9. The van der Waals surface area contributed by atoms with Crippen molar-refractivity contribution in [1.82, 2.24) is 5.32 Å². The number of benzene rings is 1. The largest absolute Gasteiger partial charge is 0.492 e. The Labute approximate surface area is 102 Å². The average Bonchev–Trinajstić information content (AvgIpc) is 2.82. The molecule has 1 aliphatic heterocycles. The molecule has 1 heterocycles. The maximum atomic E-state index is 8.98. The molecule has 2 rings (SSSR count). The van der Waals surface area contributed by atoms with Gasteiger partial charge in [0.05, 0.1) is 12.2 Å². The molecular formula is C14H18N2O. The van der Waals surface area contributed by atoms with Crippen LogP contribution in [-0.4, -0.2) is 19.7 Å². The Balaban J connectivity index is 1.89. The minimum absolute atomic E-state index is 0.625. The van der Waals surface area contributed by atoms with Crippen LogP contribution in [0.25, 0.3) is 0 Å². The van der Waals surface area contributed by atoms with Gasteiger partial charge in [0, 0.05) is 0 Å². The van der Waals surface area contributed by atoms with E-state index in [1.807, 2.05) is 25.1 Å². The van der Waals surface area contributed by atoms with E-state index in [1.54, 1.807) is 0 Å². The molecular weight excluding hydrogens is 212 g/mol. The monoisotopic (exact) mass is 230 g/mol. The van der Waals surface area contributed by atoms with Gasteiger partial charge in [-0.2, -0.15) is 5.26 Å². The molecule has 1 unspecified atom stereocenters. The number of hydrogen-bond acceptors (Lipinski definition) is 3. The fraction of sp³-hybridized carbons (Fsp3) is 0.500. The fourth-order valence-electron chi connectivity index (χ4n) is 2.14. The lowest BCUT2D eigenvalue weighted by Gasteiger charge is -2.11. The quantitative estimate of drug-likeness (QED) is 0.862. The molecule has 1 N–H and O–H groups in total. The van der Waals surface area contributed by atoms with Gasteiger partial charge in [-0.1, -0.05) is 6.07 Å². The van der Waals surface area contributed by atoms with E-state index in [0.29, 0.717) is 12.2 Å². The van der Waals surface area contributed by atoms with E-state index in [-0.39, 0.29) is 0 Å². The van der Waals surface area contributed by atoms with Crippen molar-refractivity contribution in [3.05, 3.63) is 29.3 Å². The molecule has 90 valence electrons. The third-order valence-corrected chi connectivity index (χ3v) is 3.20. The Morgan fingerprint density at radius 3 is 3.12 bits per heavy atom. The van der Waals surface area contributed by atoms with Gasteiger partial charge in [-0.05, 0) is 56.5 Å². The molecule has 1 fully saturated rings. The minimum atomic E-state index is 0.625. The summed E-state index contributed by atoms with van der Waals surface area (Å²) >= 11 is 0. The standard InChI is InChI=1S/C14H18N2O/c1-11-2-3-13(9-15)14(8-11)17-7-5-12-4-6-16-10-12/h2-3,8,12,16H,4-7,10H2,1H3. The summed E-state index contributed by atoms with van der Waals surface area (Å²) in [5.74, 6) is 1.45. The zero-order valence-corrected chi connectivity index (χ0v) is 10.2. The molecule has 1 saturated heterocycles.